The highest BCUT2D eigenvalue weighted by molar-refractivity contribution is 6.04. The van der Waals surface area contributed by atoms with E-state index in [0.29, 0.717) is 22.7 Å². The van der Waals surface area contributed by atoms with Gasteiger partial charge >= 0.3 is 0 Å². The summed E-state index contributed by atoms with van der Waals surface area (Å²) in [6.07, 6.45) is 4.14. The molecular weight excluding hydrogens is 354 g/mol. The molecule has 3 rings (SSSR count). The van der Waals surface area contributed by atoms with E-state index in [-0.39, 0.29) is 5.91 Å². The molecule has 6 nitrogen and oxygen atoms in total. The van der Waals surface area contributed by atoms with E-state index in [1.807, 2.05) is 18.2 Å². The first-order valence-electron chi connectivity index (χ1n) is 8.96. The first kappa shape index (κ1) is 19.2. The number of nitrogens with one attached hydrogen (secondary N) is 2. The molecule has 6 heteroatoms. The van der Waals surface area contributed by atoms with Gasteiger partial charge in [0.25, 0.3) is 5.91 Å². The highest BCUT2D eigenvalue weighted by Gasteiger charge is 2.10. The molecule has 0 bridgehead atoms. The van der Waals surface area contributed by atoms with Gasteiger partial charge in [-0.3, -0.25) is 9.78 Å². The van der Waals surface area contributed by atoms with Crippen molar-refractivity contribution < 1.29 is 14.3 Å². The van der Waals surface area contributed by atoms with Crippen molar-refractivity contribution in [3.05, 3.63) is 78.1 Å². The number of hydrogen-bond acceptors (Lipinski definition) is 5. The number of ether oxygens (including phenoxy) is 2. The van der Waals surface area contributed by atoms with E-state index in [0.717, 1.165) is 18.7 Å². The SMILES string of the molecule is COc1ccc(NC(=O)c2cncc(NCCc3ccccc3)c2)cc1OC. The number of aromatic nitrogens is 1. The molecule has 2 aromatic carbocycles. The second-order valence-corrected chi connectivity index (χ2v) is 6.15. The molecule has 1 amide bonds. The maximum atomic E-state index is 12.6. The summed E-state index contributed by atoms with van der Waals surface area (Å²) in [5, 5.41) is 6.16. The molecule has 144 valence electrons. The van der Waals surface area contributed by atoms with Gasteiger partial charge in [-0.1, -0.05) is 30.3 Å². The third-order valence-electron chi connectivity index (χ3n) is 4.23. The van der Waals surface area contributed by atoms with Crippen molar-refractivity contribution >= 4 is 17.3 Å². The number of hydrogen-bond donors (Lipinski definition) is 2. The number of carbonyl (C=O) groups is 1. The van der Waals surface area contributed by atoms with Gasteiger partial charge in [0.15, 0.2) is 11.5 Å². The second-order valence-electron chi connectivity index (χ2n) is 6.15. The van der Waals surface area contributed by atoms with Crippen molar-refractivity contribution in [2.24, 2.45) is 0 Å². The fourth-order valence-electron chi connectivity index (χ4n) is 2.77. The number of methoxy groups -OCH3 is 2. The van der Waals surface area contributed by atoms with E-state index >= 15 is 0 Å². The van der Waals surface area contributed by atoms with E-state index in [9.17, 15) is 4.79 Å². The molecule has 0 atom stereocenters. The lowest BCUT2D eigenvalue weighted by Crippen LogP contribution is -2.13. The van der Waals surface area contributed by atoms with Gasteiger partial charge < -0.3 is 20.1 Å². The number of rotatable bonds is 8. The molecule has 1 aromatic heterocycles. The lowest BCUT2D eigenvalue weighted by Gasteiger charge is -2.11. The van der Waals surface area contributed by atoms with Crippen LogP contribution in [0.4, 0.5) is 11.4 Å². The van der Waals surface area contributed by atoms with E-state index in [1.54, 1.807) is 50.9 Å². The third-order valence-corrected chi connectivity index (χ3v) is 4.23. The van der Waals surface area contributed by atoms with Crippen LogP contribution in [0.3, 0.4) is 0 Å². The lowest BCUT2D eigenvalue weighted by atomic mass is 10.1. The Morgan fingerprint density at radius 3 is 2.46 bits per heavy atom. The Kier molecular flexibility index (Phi) is 6.46. The largest absolute Gasteiger partial charge is 0.493 e. The minimum atomic E-state index is -0.244. The van der Waals surface area contributed by atoms with Crippen LogP contribution in [0.1, 0.15) is 15.9 Å². The average molecular weight is 377 g/mol. The normalized spacial score (nSPS) is 10.2. The summed E-state index contributed by atoms with van der Waals surface area (Å²) in [6.45, 7) is 0.756. The number of pyridine rings is 1. The first-order chi connectivity index (χ1) is 13.7. The van der Waals surface area contributed by atoms with Crippen LogP contribution < -0.4 is 20.1 Å². The molecule has 0 aliphatic rings. The molecule has 0 saturated heterocycles. The van der Waals surface area contributed by atoms with Crippen molar-refractivity contribution in [2.45, 2.75) is 6.42 Å². The van der Waals surface area contributed by atoms with Gasteiger partial charge in [0.05, 0.1) is 25.5 Å². The summed E-state index contributed by atoms with van der Waals surface area (Å²) in [4.78, 5) is 16.7. The fourth-order valence-corrected chi connectivity index (χ4v) is 2.77. The number of benzene rings is 2. The van der Waals surface area contributed by atoms with E-state index in [2.05, 4.69) is 27.8 Å². The molecule has 28 heavy (non-hydrogen) atoms. The van der Waals surface area contributed by atoms with Crippen molar-refractivity contribution in [3.63, 3.8) is 0 Å². The number of anilines is 2. The molecule has 3 aromatic rings. The van der Waals surface area contributed by atoms with Gasteiger partial charge in [-0.25, -0.2) is 0 Å². The van der Waals surface area contributed by atoms with Gasteiger partial charge in [0.2, 0.25) is 0 Å². The summed E-state index contributed by atoms with van der Waals surface area (Å²) < 4.78 is 10.5. The molecular formula is C22H23N3O3. The maximum absolute atomic E-state index is 12.6. The zero-order valence-corrected chi connectivity index (χ0v) is 15.9. The third kappa shape index (κ3) is 5.01. The topological polar surface area (TPSA) is 72.5 Å². The molecule has 0 aliphatic carbocycles. The monoisotopic (exact) mass is 377 g/mol. The Labute approximate surface area is 164 Å². The van der Waals surface area contributed by atoms with Crippen molar-refractivity contribution in [2.75, 3.05) is 31.4 Å². The molecule has 0 saturated carbocycles. The van der Waals surface area contributed by atoms with Crippen LogP contribution >= 0.6 is 0 Å². The van der Waals surface area contributed by atoms with Crippen LogP contribution in [0.15, 0.2) is 67.0 Å². The summed E-state index contributed by atoms with van der Waals surface area (Å²) in [6, 6.07) is 17.2. The zero-order chi connectivity index (χ0) is 19.8. The molecule has 0 fully saturated rings. The highest BCUT2D eigenvalue weighted by atomic mass is 16.5. The molecule has 1 heterocycles. The predicted octanol–water partition coefficient (Wildman–Crippen LogP) is 4.01. The quantitative estimate of drug-likeness (QED) is 0.621. The maximum Gasteiger partial charge on any atom is 0.257 e. The number of carbonyl (C=O) groups excluding carboxylic acids is 1. The fraction of sp³-hybridized carbons (Fsp3) is 0.182. The first-order valence-corrected chi connectivity index (χ1v) is 8.96. The zero-order valence-electron chi connectivity index (χ0n) is 15.9. The van der Waals surface area contributed by atoms with Crippen molar-refractivity contribution in [3.8, 4) is 11.5 Å². The van der Waals surface area contributed by atoms with Gasteiger partial charge in [0, 0.05) is 30.7 Å². The summed E-state index contributed by atoms with van der Waals surface area (Å²) in [7, 11) is 3.12. The average Bonchev–Trinajstić information content (AvgIpc) is 2.74. The second kappa shape index (κ2) is 9.41. The molecule has 0 aliphatic heterocycles. The van der Waals surface area contributed by atoms with Crippen LogP contribution in [0.2, 0.25) is 0 Å². The number of amides is 1. The van der Waals surface area contributed by atoms with Crippen LogP contribution in [0.5, 0.6) is 11.5 Å². The summed E-state index contributed by atoms with van der Waals surface area (Å²) in [5.41, 5.74) is 3.14. The Balaban J connectivity index is 1.62. The Morgan fingerprint density at radius 1 is 0.929 bits per heavy atom. The van der Waals surface area contributed by atoms with Crippen LogP contribution in [-0.4, -0.2) is 31.7 Å². The highest BCUT2D eigenvalue weighted by Crippen LogP contribution is 2.29. The number of nitrogens with zero attached hydrogens (tertiary/aromatic N) is 1. The smallest absolute Gasteiger partial charge is 0.257 e. The Bertz CT molecular complexity index is 929. The minimum Gasteiger partial charge on any atom is -0.493 e. The molecule has 0 spiro atoms. The van der Waals surface area contributed by atoms with Crippen LogP contribution in [-0.2, 0) is 6.42 Å². The van der Waals surface area contributed by atoms with Gasteiger partial charge in [0.1, 0.15) is 0 Å². The van der Waals surface area contributed by atoms with Gasteiger partial charge in [-0.05, 0) is 30.2 Å². The Morgan fingerprint density at radius 2 is 1.71 bits per heavy atom. The Hall–Kier alpha value is -3.54. The van der Waals surface area contributed by atoms with Crippen molar-refractivity contribution in [1.82, 2.24) is 4.98 Å². The van der Waals surface area contributed by atoms with Crippen LogP contribution in [0, 0.1) is 0 Å². The van der Waals surface area contributed by atoms with E-state index < -0.39 is 0 Å². The van der Waals surface area contributed by atoms with E-state index in [1.165, 1.54) is 5.56 Å². The molecule has 0 radical (unpaired) electrons. The van der Waals surface area contributed by atoms with Gasteiger partial charge in [-0.15, -0.1) is 0 Å². The van der Waals surface area contributed by atoms with Crippen LogP contribution in [0.25, 0.3) is 0 Å². The van der Waals surface area contributed by atoms with Gasteiger partial charge in [-0.2, -0.15) is 0 Å². The lowest BCUT2D eigenvalue weighted by molar-refractivity contribution is 0.102. The predicted molar refractivity (Wildman–Crippen MR) is 110 cm³/mol. The van der Waals surface area contributed by atoms with Crippen molar-refractivity contribution in [1.29, 1.82) is 0 Å². The molecule has 0 unspecified atom stereocenters. The molecule has 2 N–H and O–H groups in total. The van der Waals surface area contributed by atoms with E-state index in [4.69, 9.17) is 9.47 Å². The summed E-state index contributed by atoms with van der Waals surface area (Å²) in [5.74, 6) is 0.910. The minimum absolute atomic E-state index is 0.244. The standard InChI is InChI=1S/C22H23N3O3/c1-27-20-9-8-18(13-21(20)28-2)25-22(26)17-12-19(15-23-14-17)24-11-10-16-6-4-3-5-7-16/h3-9,12-15,24H,10-11H2,1-2H3,(H,25,26). The summed E-state index contributed by atoms with van der Waals surface area (Å²) >= 11 is 0.